The number of carbonyl (C=O) groups is 3. The lowest BCUT2D eigenvalue weighted by atomic mass is 9.94. The van der Waals surface area contributed by atoms with Gasteiger partial charge in [-0.15, -0.1) is 0 Å². The number of amides is 1. The van der Waals surface area contributed by atoms with Gasteiger partial charge in [-0.3, -0.25) is 9.69 Å². The van der Waals surface area contributed by atoms with Gasteiger partial charge in [0.1, 0.15) is 23.5 Å². The number of esters is 2. The van der Waals surface area contributed by atoms with Crippen LogP contribution in [0.3, 0.4) is 0 Å². The van der Waals surface area contributed by atoms with Crippen LogP contribution >= 0.6 is 0 Å². The summed E-state index contributed by atoms with van der Waals surface area (Å²) in [7, 11) is 2.46. The molecule has 0 N–H and O–H groups in total. The second kappa shape index (κ2) is 9.48. The number of benzene rings is 1. The van der Waals surface area contributed by atoms with E-state index in [0.717, 1.165) is 0 Å². The molecular formula is C21H26N2O7. The van der Waals surface area contributed by atoms with Crippen molar-refractivity contribution in [1.82, 2.24) is 4.90 Å². The minimum atomic E-state index is -1.07. The Labute approximate surface area is 175 Å². The van der Waals surface area contributed by atoms with E-state index >= 15 is 0 Å². The molecule has 3 atom stereocenters. The number of rotatable bonds is 5. The molecular weight excluding hydrogens is 392 g/mol. The van der Waals surface area contributed by atoms with Crippen molar-refractivity contribution in [3.05, 3.63) is 35.7 Å². The van der Waals surface area contributed by atoms with Crippen molar-refractivity contribution in [2.24, 2.45) is 5.92 Å². The summed E-state index contributed by atoms with van der Waals surface area (Å²) in [5.41, 5.74) is -0.327. The zero-order valence-electron chi connectivity index (χ0n) is 17.7. The lowest BCUT2D eigenvalue weighted by molar-refractivity contribution is -0.149. The highest BCUT2D eigenvalue weighted by Crippen LogP contribution is 2.34. The van der Waals surface area contributed by atoms with E-state index in [1.807, 2.05) is 0 Å². The van der Waals surface area contributed by atoms with Crippen molar-refractivity contribution in [3.8, 4) is 5.75 Å². The van der Waals surface area contributed by atoms with E-state index in [2.05, 4.69) is 4.85 Å². The third-order valence-electron chi connectivity index (χ3n) is 4.55. The molecule has 1 saturated heterocycles. The zero-order chi connectivity index (χ0) is 22.5. The van der Waals surface area contributed by atoms with Gasteiger partial charge in [-0.25, -0.2) is 14.4 Å². The maximum Gasteiger partial charge on any atom is 0.411 e. The summed E-state index contributed by atoms with van der Waals surface area (Å²) in [6.45, 7) is 12.2. The molecule has 0 spiro atoms. The Morgan fingerprint density at radius 1 is 1.13 bits per heavy atom. The average molecular weight is 418 g/mol. The molecule has 9 nitrogen and oxygen atoms in total. The van der Waals surface area contributed by atoms with Gasteiger partial charge in [0, 0.05) is 5.92 Å². The molecule has 1 aromatic carbocycles. The van der Waals surface area contributed by atoms with Gasteiger partial charge in [0.2, 0.25) is 0 Å². The van der Waals surface area contributed by atoms with Gasteiger partial charge in [-0.2, -0.15) is 0 Å². The van der Waals surface area contributed by atoms with E-state index in [-0.39, 0.29) is 13.0 Å². The minimum Gasteiger partial charge on any atom is -0.488 e. The molecule has 2 rings (SSSR count). The van der Waals surface area contributed by atoms with Gasteiger partial charge in [-0.05, 0) is 32.9 Å². The van der Waals surface area contributed by atoms with Crippen molar-refractivity contribution >= 4 is 23.7 Å². The lowest BCUT2D eigenvalue weighted by Crippen LogP contribution is -2.46. The Hall–Kier alpha value is -3.28. The first-order valence-corrected chi connectivity index (χ1v) is 9.38. The first kappa shape index (κ1) is 23.0. The molecule has 162 valence electrons. The third kappa shape index (κ3) is 5.63. The standard InChI is InChI=1S/C21H26N2O7/c1-21(2,3)30-20(26)23-12-16(29-14-9-7-13(22-4)8-10-14)15(11-17(24)27-5)18(23)19(25)28-6/h7-10,15-16,18H,11-12H2,1-3,5-6H3/t15-,16?,18-/m0/s1. The highest BCUT2D eigenvalue weighted by molar-refractivity contribution is 5.84. The summed E-state index contributed by atoms with van der Waals surface area (Å²) < 4.78 is 21.1. The molecule has 0 aromatic heterocycles. The predicted octanol–water partition coefficient (Wildman–Crippen LogP) is 2.96. The molecule has 1 aromatic rings. The average Bonchev–Trinajstić information content (AvgIpc) is 3.04. The fourth-order valence-electron chi connectivity index (χ4n) is 3.23. The Kier molecular flexibility index (Phi) is 7.27. The van der Waals surface area contributed by atoms with Crippen LogP contribution in [-0.2, 0) is 23.8 Å². The monoisotopic (exact) mass is 418 g/mol. The molecule has 1 aliphatic heterocycles. The van der Waals surface area contributed by atoms with E-state index in [1.165, 1.54) is 19.1 Å². The van der Waals surface area contributed by atoms with Crippen LogP contribution in [0.2, 0.25) is 0 Å². The van der Waals surface area contributed by atoms with Crippen LogP contribution in [0.25, 0.3) is 4.85 Å². The maximum absolute atomic E-state index is 12.8. The number of hydrogen-bond acceptors (Lipinski definition) is 7. The first-order chi connectivity index (χ1) is 14.1. The third-order valence-corrected chi connectivity index (χ3v) is 4.55. The van der Waals surface area contributed by atoms with Gasteiger partial charge < -0.3 is 18.9 Å². The molecule has 1 amide bonds. The van der Waals surface area contributed by atoms with Crippen molar-refractivity contribution in [1.29, 1.82) is 0 Å². The molecule has 0 radical (unpaired) electrons. The van der Waals surface area contributed by atoms with Gasteiger partial charge in [-0.1, -0.05) is 12.1 Å². The molecule has 1 heterocycles. The number of nitrogens with zero attached hydrogens (tertiary/aromatic N) is 2. The Bertz CT molecular complexity index is 823. The molecule has 0 aliphatic carbocycles. The normalized spacial score (nSPS) is 20.8. The van der Waals surface area contributed by atoms with E-state index in [1.54, 1.807) is 45.0 Å². The molecule has 0 saturated carbocycles. The summed E-state index contributed by atoms with van der Waals surface area (Å²) in [5.74, 6) is -1.49. The van der Waals surface area contributed by atoms with Crippen LogP contribution < -0.4 is 4.74 Å². The number of methoxy groups -OCH3 is 2. The van der Waals surface area contributed by atoms with Gasteiger partial charge in [0.15, 0.2) is 5.69 Å². The summed E-state index contributed by atoms with van der Waals surface area (Å²) >= 11 is 0. The van der Waals surface area contributed by atoms with Crippen molar-refractivity contribution in [2.45, 2.75) is 44.9 Å². The van der Waals surface area contributed by atoms with Crippen molar-refractivity contribution < 1.29 is 33.3 Å². The second-order valence-electron chi connectivity index (χ2n) is 7.81. The SMILES string of the molecule is [C-]#[N+]c1ccc(OC2CN(C(=O)OC(C)(C)C)[C@H](C(=O)OC)[C@H]2CC(=O)OC)cc1. The fraction of sp³-hybridized carbons (Fsp3) is 0.524. The molecule has 1 fully saturated rings. The molecule has 1 aliphatic rings. The van der Waals surface area contributed by atoms with Crippen LogP contribution in [0.1, 0.15) is 27.2 Å². The van der Waals surface area contributed by atoms with E-state index in [9.17, 15) is 14.4 Å². The number of hydrogen-bond donors (Lipinski definition) is 0. The molecule has 30 heavy (non-hydrogen) atoms. The number of likely N-dealkylation sites (tertiary alicyclic amines) is 1. The molecule has 1 unspecified atom stereocenters. The lowest BCUT2D eigenvalue weighted by Gasteiger charge is -2.28. The van der Waals surface area contributed by atoms with Crippen LogP contribution in [0.5, 0.6) is 5.75 Å². The summed E-state index contributed by atoms with van der Waals surface area (Å²) in [5, 5.41) is 0. The van der Waals surface area contributed by atoms with Crippen molar-refractivity contribution in [3.63, 3.8) is 0 Å². The molecule has 0 bridgehead atoms. The van der Waals surface area contributed by atoms with Gasteiger partial charge in [0.25, 0.3) is 0 Å². The summed E-state index contributed by atoms with van der Waals surface area (Å²) in [6, 6.07) is 5.35. The fourth-order valence-corrected chi connectivity index (χ4v) is 3.23. The Morgan fingerprint density at radius 2 is 1.77 bits per heavy atom. The molecule has 9 heteroatoms. The van der Waals surface area contributed by atoms with Crippen LogP contribution in [0.15, 0.2) is 24.3 Å². The Morgan fingerprint density at radius 3 is 2.27 bits per heavy atom. The second-order valence-corrected chi connectivity index (χ2v) is 7.81. The van der Waals surface area contributed by atoms with Crippen LogP contribution in [0.4, 0.5) is 10.5 Å². The van der Waals surface area contributed by atoms with Crippen LogP contribution in [0, 0.1) is 12.5 Å². The quantitative estimate of drug-likeness (QED) is 0.412. The first-order valence-electron chi connectivity index (χ1n) is 9.38. The Balaban J connectivity index is 2.36. The minimum absolute atomic E-state index is 0.0148. The number of carbonyl (C=O) groups excluding carboxylic acids is 3. The van der Waals surface area contributed by atoms with Gasteiger partial charge in [0.05, 0.1) is 33.8 Å². The number of ether oxygens (including phenoxy) is 4. The predicted molar refractivity (Wildman–Crippen MR) is 106 cm³/mol. The summed E-state index contributed by atoms with van der Waals surface area (Å²) in [4.78, 5) is 41.9. The van der Waals surface area contributed by atoms with Crippen LogP contribution in [-0.4, -0.2) is 61.4 Å². The van der Waals surface area contributed by atoms with E-state index in [4.69, 9.17) is 25.5 Å². The van der Waals surface area contributed by atoms with E-state index in [0.29, 0.717) is 11.4 Å². The van der Waals surface area contributed by atoms with Crippen molar-refractivity contribution in [2.75, 3.05) is 20.8 Å². The topological polar surface area (TPSA) is 95.7 Å². The zero-order valence-corrected chi connectivity index (χ0v) is 17.7. The highest BCUT2D eigenvalue weighted by atomic mass is 16.6. The smallest absolute Gasteiger partial charge is 0.411 e. The maximum atomic E-state index is 12.8. The van der Waals surface area contributed by atoms with E-state index < -0.39 is 41.7 Å². The summed E-state index contributed by atoms with van der Waals surface area (Å²) in [6.07, 6.45) is -1.55. The highest BCUT2D eigenvalue weighted by Gasteiger charge is 2.51. The largest absolute Gasteiger partial charge is 0.488 e. The van der Waals surface area contributed by atoms with Gasteiger partial charge >= 0.3 is 18.0 Å².